The van der Waals surface area contributed by atoms with Gasteiger partial charge in [0.25, 0.3) is 0 Å². The van der Waals surface area contributed by atoms with E-state index in [0.717, 1.165) is 16.0 Å². The molecule has 1 heterocycles. The summed E-state index contributed by atoms with van der Waals surface area (Å²) in [6, 6.07) is 0. The zero-order valence-corrected chi connectivity index (χ0v) is 9.66. The minimum atomic E-state index is 0.539. The van der Waals surface area contributed by atoms with E-state index in [-0.39, 0.29) is 0 Å². The quantitative estimate of drug-likeness (QED) is 0.658. The molecule has 14 heavy (non-hydrogen) atoms. The standard InChI is InChI=1S/C9H13BrN4/c1-14-5-7(10)8(13-14)4-12-9(11)6-2-3-6/h5-6H,2-4H2,1H3,(H2,11,12). The molecule has 0 atom stereocenters. The number of aliphatic imine (C=N–C) groups is 1. The van der Waals surface area contributed by atoms with E-state index in [9.17, 15) is 0 Å². The average Bonchev–Trinajstić information content (AvgIpc) is 2.90. The minimum Gasteiger partial charge on any atom is -0.387 e. The molecule has 2 rings (SSSR count). The maximum absolute atomic E-state index is 5.78. The molecule has 2 N–H and O–H groups in total. The number of halogens is 1. The van der Waals surface area contributed by atoms with Crippen molar-refractivity contribution in [3.05, 3.63) is 16.4 Å². The van der Waals surface area contributed by atoms with Crippen LogP contribution in [0.15, 0.2) is 15.7 Å². The van der Waals surface area contributed by atoms with Crippen molar-refractivity contribution in [3.8, 4) is 0 Å². The van der Waals surface area contributed by atoms with Crippen LogP contribution in [-0.2, 0) is 13.6 Å². The maximum Gasteiger partial charge on any atom is 0.0981 e. The Morgan fingerprint density at radius 1 is 1.79 bits per heavy atom. The molecule has 1 aromatic heterocycles. The van der Waals surface area contributed by atoms with Crippen molar-refractivity contribution >= 4 is 21.8 Å². The molecule has 0 unspecified atom stereocenters. The topological polar surface area (TPSA) is 56.2 Å². The lowest BCUT2D eigenvalue weighted by Crippen LogP contribution is -2.14. The van der Waals surface area contributed by atoms with Crippen LogP contribution in [0.5, 0.6) is 0 Å². The van der Waals surface area contributed by atoms with Gasteiger partial charge in [0.2, 0.25) is 0 Å². The van der Waals surface area contributed by atoms with Crippen LogP contribution in [0.2, 0.25) is 0 Å². The van der Waals surface area contributed by atoms with Gasteiger partial charge < -0.3 is 5.73 Å². The Morgan fingerprint density at radius 3 is 3.00 bits per heavy atom. The first-order chi connectivity index (χ1) is 6.66. The van der Waals surface area contributed by atoms with Crippen LogP contribution >= 0.6 is 15.9 Å². The molecule has 0 aliphatic heterocycles. The van der Waals surface area contributed by atoms with Crippen molar-refractivity contribution in [2.24, 2.45) is 23.7 Å². The number of nitrogens with zero attached hydrogens (tertiary/aromatic N) is 3. The second-order valence-corrected chi connectivity index (χ2v) is 4.47. The second kappa shape index (κ2) is 3.73. The van der Waals surface area contributed by atoms with Crippen molar-refractivity contribution in [2.75, 3.05) is 0 Å². The number of amidine groups is 1. The molecular weight excluding hydrogens is 244 g/mol. The molecule has 1 saturated carbocycles. The third kappa shape index (κ3) is 2.15. The van der Waals surface area contributed by atoms with Gasteiger partial charge in [-0.05, 0) is 28.8 Å². The Labute approximate surface area is 91.3 Å². The summed E-state index contributed by atoms with van der Waals surface area (Å²) in [7, 11) is 1.89. The van der Waals surface area contributed by atoms with Gasteiger partial charge in [0.05, 0.1) is 22.5 Å². The Hall–Kier alpha value is -0.840. The van der Waals surface area contributed by atoms with E-state index in [2.05, 4.69) is 26.0 Å². The highest BCUT2D eigenvalue weighted by Crippen LogP contribution is 2.29. The van der Waals surface area contributed by atoms with Gasteiger partial charge >= 0.3 is 0 Å². The van der Waals surface area contributed by atoms with Gasteiger partial charge in [0.15, 0.2) is 0 Å². The highest BCUT2D eigenvalue weighted by atomic mass is 79.9. The zero-order valence-electron chi connectivity index (χ0n) is 8.07. The fourth-order valence-corrected chi connectivity index (χ4v) is 1.79. The Kier molecular flexibility index (Phi) is 2.58. The van der Waals surface area contributed by atoms with E-state index in [1.165, 1.54) is 12.8 Å². The van der Waals surface area contributed by atoms with Gasteiger partial charge in [-0.25, -0.2) is 0 Å². The molecule has 0 saturated heterocycles. The number of aromatic nitrogens is 2. The summed E-state index contributed by atoms with van der Waals surface area (Å²) >= 11 is 3.43. The number of hydrogen-bond donors (Lipinski definition) is 1. The molecule has 5 heteroatoms. The molecule has 1 aromatic rings. The molecule has 0 bridgehead atoms. The lowest BCUT2D eigenvalue weighted by Gasteiger charge is -1.96. The van der Waals surface area contributed by atoms with Gasteiger partial charge in [0, 0.05) is 19.2 Å². The summed E-state index contributed by atoms with van der Waals surface area (Å²) in [5.41, 5.74) is 6.72. The molecule has 0 aromatic carbocycles. The second-order valence-electron chi connectivity index (χ2n) is 3.61. The highest BCUT2D eigenvalue weighted by molar-refractivity contribution is 9.10. The predicted octanol–water partition coefficient (Wildman–Crippen LogP) is 1.45. The first-order valence-electron chi connectivity index (χ1n) is 4.64. The SMILES string of the molecule is Cn1cc(Br)c(CN=C(N)C2CC2)n1. The van der Waals surface area contributed by atoms with E-state index < -0.39 is 0 Å². The number of hydrogen-bond acceptors (Lipinski definition) is 2. The molecule has 1 fully saturated rings. The lowest BCUT2D eigenvalue weighted by atomic mass is 10.4. The zero-order chi connectivity index (χ0) is 10.1. The summed E-state index contributed by atoms with van der Waals surface area (Å²) in [5.74, 6) is 1.32. The van der Waals surface area contributed by atoms with Crippen LogP contribution in [0.25, 0.3) is 0 Å². The molecule has 76 valence electrons. The van der Waals surface area contributed by atoms with Gasteiger partial charge in [-0.1, -0.05) is 0 Å². The fraction of sp³-hybridized carbons (Fsp3) is 0.556. The smallest absolute Gasteiger partial charge is 0.0981 e. The summed E-state index contributed by atoms with van der Waals surface area (Å²) in [6.07, 6.45) is 4.30. The highest BCUT2D eigenvalue weighted by Gasteiger charge is 2.25. The first kappa shape index (κ1) is 9.71. The van der Waals surface area contributed by atoms with Crippen LogP contribution in [0.4, 0.5) is 0 Å². The third-order valence-electron chi connectivity index (χ3n) is 2.26. The van der Waals surface area contributed by atoms with Crippen molar-refractivity contribution in [1.82, 2.24) is 9.78 Å². The molecule has 0 radical (unpaired) electrons. The third-order valence-corrected chi connectivity index (χ3v) is 2.92. The van der Waals surface area contributed by atoms with Crippen molar-refractivity contribution in [1.29, 1.82) is 0 Å². The van der Waals surface area contributed by atoms with Crippen LogP contribution in [0, 0.1) is 5.92 Å². The van der Waals surface area contributed by atoms with E-state index in [1.807, 2.05) is 13.2 Å². The van der Waals surface area contributed by atoms with E-state index in [0.29, 0.717) is 12.5 Å². The molecular formula is C9H13BrN4. The Balaban J connectivity index is 2.03. The molecule has 0 amide bonds. The van der Waals surface area contributed by atoms with E-state index in [1.54, 1.807) is 4.68 Å². The maximum atomic E-state index is 5.78. The molecule has 0 spiro atoms. The summed E-state index contributed by atoms with van der Waals surface area (Å²) in [5, 5.41) is 4.27. The molecule has 1 aliphatic rings. The van der Waals surface area contributed by atoms with Crippen LogP contribution in [0.3, 0.4) is 0 Å². The monoisotopic (exact) mass is 256 g/mol. The predicted molar refractivity (Wildman–Crippen MR) is 59.0 cm³/mol. The van der Waals surface area contributed by atoms with Gasteiger partial charge in [-0.2, -0.15) is 5.10 Å². The lowest BCUT2D eigenvalue weighted by molar-refractivity contribution is 0.742. The summed E-state index contributed by atoms with van der Waals surface area (Å²) in [4.78, 5) is 4.32. The number of aryl methyl sites for hydroxylation is 1. The summed E-state index contributed by atoms with van der Waals surface area (Å²) in [6.45, 7) is 0.573. The Morgan fingerprint density at radius 2 is 2.50 bits per heavy atom. The van der Waals surface area contributed by atoms with Crippen molar-refractivity contribution in [2.45, 2.75) is 19.4 Å². The van der Waals surface area contributed by atoms with Gasteiger partial charge in [0.1, 0.15) is 0 Å². The molecule has 4 nitrogen and oxygen atoms in total. The van der Waals surface area contributed by atoms with Crippen LogP contribution in [-0.4, -0.2) is 15.6 Å². The first-order valence-corrected chi connectivity index (χ1v) is 5.44. The van der Waals surface area contributed by atoms with E-state index >= 15 is 0 Å². The van der Waals surface area contributed by atoms with Crippen LogP contribution in [0.1, 0.15) is 18.5 Å². The van der Waals surface area contributed by atoms with Gasteiger partial charge in [-0.3, -0.25) is 9.67 Å². The number of rotatable bonds is 3. The average molecular weight is 257 g/mol. The largest absolute Gasteiger partial charge is 0.387 e. The van der Waals surface area contributed by atoms with Crippen molar-refractivity contribution < 1.29 is 0 Å². The molecule has 1 aliphatic carbocycles. The van der Waals surface area contributed by atoms with Crippen molar-refractivity contribution in [3.63, 3.8) is 0 Å². The van der Waals surface area contributed by atoms with E-state index in [4.69, 9.17) is 5.73 Å². The normalized spacial score (nSPS) is 17.4. The fourth-order valence-electron chi connectivity index (χ4n) is 1.29. The number of nitrogens with two attached hydrogens (primary N) is 1. The minimum absolute atomic E-state index is 0.539. The van der Waals surface area contributed by atoms with Crippen LogP contribution < -0.4 is 5.73 Å². The van der Waals surface area contributed by atoms with Gasteiger partial charge in [-0.15, -0.1) is 0 Å². The summed E-state index contributed by atoms with van der Waals surface area (Å²) < 4.78 is 2.76. The Bertz CT molecular complexity index is 365.